The normalized spacial score (nSPS) is 10.9. The fourth-order valence-electron chi connectivity index (χ4n) is 3.27. The molecule has 0 unspecified atom stereocenters. The van der Waals surface area contributed by atoms with E-state index >= 15 is 0 Å². The molecule has 0 aliphatic rings. The third-order valence-corrected chi connectivity index (χ3v) is 5.96. The van der Waals surface area contributed by atoms with Crippen molar-refractivity contribution in [3.8, 4) is 23.0 Å². The fraction of sp³-hybridized carbons (Fsp3) is 0.409. The summed E-state index contributed by atoms with van der Waals surface area (Å²) >= 11 is 0. The molecule has 0 radical (unpaired) electrons. The van der Waals surface area contributed by atoms with Crippen LogP contribution in [0.2, 0.25) is 0 Å². The number of nitrogens with zero attached hydrogens (tertiary/aromatic N) is 1. The molecule has 176 valence electrons. The molecule has 0 aliphatic carbocycles. The molecule has 2 aromatic rings. The van der Waals surface area contributed by atoms with Crippen LogP contribution in [0.3, 0.4) is 0 Å². The van der Waals surface area contributed by atoms with E-state index in [9.17, 15) is 13.2 Å². The lowest BCUT2D eigenvalue weighted by Crippen LogP contribution is -2.32. The summed E-state index contributed by atoms with van der Waals surface area (Å²) in [5.41, 5.74) is 1.17. The first kappa shape index (κ1) is 25.1. The number of para-hydroxylation sites is 2. The minimum Gasteiger partial charge on any atom is -0.495 e. The lowest BCUT2D eigenvalue weighted by molar-refractivity contribution is -0.121. The zero-order valence-electron chi connectivity index (χ0n) is 19.0. The van der Waals surface area contributed by atoms with Gasteiger partial charge in [0.2, 0.25) is 21.7 Å². The molecule has 0 heterocycles. The Kier molecular flexibility index (Phi) is 9.01. The van der Waals surface area contributed by atoms with Crippen LogP contribution in [0.25, 0.3) is 0 Å². The summed E-state index contributed by atoms with van der Waals surface area (Å²) in [6, 6.07) is 10.4. The van der Waals surface area contributed by atoms with E-state index in [4.69, 9.17) is 18.9 Å². The fourth-order valence-corrected chi connectivity index (χ4v) is 4.24. The van der Waals surface area contributed by atoms with Gasteiger partial charge in [0, 0.05) is 25.1 Å². The molecule has 9 nitrogen and oxygen atoms in total. The third kappa shape index (κ3) is 6.19. The Morgan fingerprint density at radius 3 is 2.16 bits per heavy atom. The van der Waals surface area contributed by atoms with Crippen LogP contribution >= 0.6 is 0 Å². The molecule has 0 saturated heterocycles. The van der Waals surface area contributed by atoms with Crippen LogP contribution in [0.15, 0.2) is 36.4 Å². The van der Waals surface area contributed by atoms with Gasteiger partial charge in [-0.05, 0) is 30.7 Å². The molecule has 1 amide bonds. The van der Waals surface area contributed by atoms with E-state index in [-0.39, 0.29) is 25.4 Å². The largest absolute Gasteiger partial charge is 0.495 e. The molecule has 32 heavy (non-hydrogen) atoms. The number of sulfonamides is 1. The van der Waals surface area contributed by atoms with E-state index in [0.717, 1.165) is 11.8 Å². The highest BCUT2D eigenvalue weighted by Gasteiger charge is 2.21. The quantitative estimate of drug-likeness (QED) is 0.513. The van der Waals surface area contributed by atoms with Crippen LogP contribution in [0.1, 0.15) is 18.4 Å². The smallest absolute Gasteiger partial charge is 0.232 e. The van der Waals surface area contributed by atoms with Crippen molar-refractivity contribution in [3.63, 3.8) is 0 Å². The minimum atomic E-state index is -3.55. The molecule has 10 heteroatoms. The molecule has 0 aliphatic heterocycles. The number of rotatable bonds is 12. The van der Waals surface area contributed by atoms with Crippen molar-refractivity contribution >= 4 is 21.6 Å². The summed E-state index contributed by atoms with van der Waals surface area (Å²) in [5.74, 6) is 1.68. The summed E-state index contributed by atoms with van der Waals surface area (Å²) in [6.07, 6.45) is 1.61. The van der Waals surface area contributed by atoms with Gasteiger partial charge in [0.05, 0.1) is 40.4 Å². The van der Waals surface area contributed by atoms with Gasteiger partial charge >= 0.3 is 0 Å². The van der Waals surface area contributed by atoms with Crippen LogP contribution in [0.5, 0.6) is 23.0 Å². The van der Waals surface area contributed by atoms with Crippen LogP contribution in [0, 0.1) is 0 Å². The summed E-state index contributed by atoms with van der Waals surface area (Å²) in [4.78, 5) is 12.4. The van der Waals surface area contributed by atoms with Crippen molar-refractivity contribution in [2.75, 3.05) is 45.5 Å². The molecule has 0 fully saturated rings. The first-order chi connectivity index (χ1) is 15.3. The van der Waals surface area contributed by atoms with Gasteiger partial charge in [-0.2, -0.15) is 0 Å². The van der Waals surface area contributed by atoms with Crippen LogP contribution in [-0.2, 0) is 21.4 Å². The number of methoxy groups -OCH3 is 4. The van der Waals surface area contributed by atoms with Gasteiger partial charge < -0.3 is 24.3 Å². The van der Waals surface area contributed by atoms with E-state index in [1.54, 1.807) is 36.4 Å². The highest BCUT2D eigenvalue weighted by Crippen LogP contribution is 2.39. The maximum absolute atomic E-state index is 12.4. The average molecular weight is 467 g/mol. The Hall–Kier alpha value is -3.14. The molecule has 1 N–H and O–H groups in total. The standard InChI is InChI=1S/C22H30N2O7S/c1-28-18-10-7-6-9-17(18)24(32(5,26)27)14-8-11-20(25)23-15-16-12-13-19(29-2)22(31-4)21(16)30-3/h6-7,9-10,12-13H,8,11,14-15H2,1-5H3,(H,23,25). The Morgan fingerprint density at radius 2 is 1.56 bits per heavy atom. The van der Waals surface area contributed by atoms with Gasteiger partial charge in [0.25, 0.3) is 0 Å². The topological polar surface area (TPSA) is 103 Å². The number of hydrogen-bond acceptors (Lipinski definition) is 7. The number of carbonyl (C=O) groups is 1. The van der Waals surface area contributed by atoms with Gasteiger partial charge in [-0.1, -0.05) is 12.1 Å². The summed E-state index contributed by atoms with van der Waals surface area (Å²) in [7, 11) is 2.49. The second-order valence-corrected chi connectivity index (χ2v) is 8.79. The van der Waals surface area contributed by atoms with Crippen LogP contribution in [-0.4, -0.2) is 55.6 Å². The maximum Gasteiger partial charge on any atom is 0.232 e. The molecule has 0 atom stereocenters. The van der Waals surface area contributed by atoms with Crippen molar-refractivity contribution < 1.29 is 32.2 Å². The zero-order chi connectivity index (χ0) is 23.7. The van der Waals surface area contributed by atoms with Crippen molar-refractivity contribution in [1.82, 2.24) is 5.32 Å². The number of amides is 1. The third-order valence-electron chi connectivity index (χ3n) is 4.78. The maximum atomic E-state index is 12.4. The average Bonchev–Trinajstić information content (AvgIpc) is 2.78. The SMILES string of the molecule is COc1ccccc1N(CCCC(=O)NCc1ccc(OC)c(OC)c1OC)S(C)(=O)=O. The first-order valence-electron chi connectivity index (χ1n) is 9.92. The number of carbonyl (C=O) groups excluding carboxylic acids is 1. The minimum absolute atomic E-state index is 0.145. The highest BCUT2D eigenvalue weighted by atomic mass is 32.2. The predicted molar refractivity (Wildman–Crippen MR) is 122 cm³/mol. The summed E-state index contributed by atoms with van der Waals surface area (Å²) < 4.78 is 47.2. The van der Waals surface area contributed by atoms with Gasteiger partial charge in [-0.3, -0.25) is 9.10 Å². The van der Waals surface area contributed by atoms with Crippen molar-refractivity contribution in [3.05, 3.63) is 42.0 Å². The Balaban J connectivity index is 2.01. The number of benzene rings is 2. The zero-order valence-corrected chi connectivity index (χ0v) is 19.8. The van der Waals surface area contributed by atoms with Crippen molar-refractivity contribution in [2.24, 2.45) is 0 Å². The second-order valence-electron chi connectivity index (χ2n) is 6.88. The van der Waals surface area contributed by atoms with E-state index in [2.05, 4.69) is 5.32 Å². The Morgan fingerprint density at radius 1 is 0.906 bits per heavy atom. The van der Waals surface area contributed by atoms with Crippen LogP contribution < -0.4 is 28.6 Å². The molecule has 0 aromatic heterocycles. The first-order valence-corrected chi connectivity index (χ1v) is 11.8. The second kappa shape index (κ2) is 11.5. The summed E-state index contributed by atoms with van der Waals surface area (Å²) in [6.45, 7) is 0.372. The summed E-state index contributed by atoms with van der Waals surface area (Å²) in [5, 5.41) is 2.83. The van der Waals surface area contributed by atoms with E-state index in [0.29, 0.717) is 35.1 Å². The van der Waals surface area contributed by atoms with Gasteiger partial charge in [0.1, 0.15) is 5.75 Å². The number of anilines is 1. The van der Waals surface area contributed by atoms with Gasteiger partial charge in [-0.25, -0.2) is 8.42 Å². The lowest BCUT2D eigenvalue weighted by atomic mass is 10.1. The van der Waals surface area contributed by atoms with Crippen molar-refractivity contribution in [2.45, 2.75) is 19.4 Å². The van der Waals surface area contributed by atoms with Crippen molar-refractivity contribution in [1.29, 1.82) is 0 Å². The molecule has 0 bridgehead atoms. The molecular formula is C22H30N2O7S. The predicted octanol–water partition coefficient (Wildman–Crippen LogP) is 2.58. The number of hydrogen-bond donors (Lipinski definition) is 1. The number of nitrogens with one attached hydrogen (secondary N) is 1. The molecule has 2 aromatic carbocycles. The van der Waals surface area contributed by atoms with Crippen LogP contribution in [0.4, 0.5) is 5.69 Å². The van der Waals surface area contributed by atoms with Gasteiger partial charge in [0.15, 0.2) is 11.5 Å². The highest BCUT2D eigenvalue weighted by molar-refractivity contribution is 7.92. The Labute approximate surface area is 189 Å². The van der Waals surface area contributed by atoms with E-state index in [1.165, 1.54) is 32.7 Å². The Bertz CT molecular complexity index is 1020. The molecule has 2 rings (SSSR count). The number of ether oxygens (including phenoxy) is 4. The molecule has 0 spiro atoms. The molecule has 0 saturated carbocycles. The lowest BCUT2D eigenvalue weighted by Gasteiger charge is -2.24. The molecular weight excluding hydrogens is 436 g/mol. The van der Waals surface area contributed by atoms with E-state index in [1.807, 2.05) is 0 Å². The van der Waals surface area contributed by atoms with E-state index < -0.39 is 10.0 Å². The van der Waals surface area contributed by atoms with Gasteiger partial charge in [-0.15, -0.1) is 0 Å². The monoisotopic (exact) mass is 466 g/mol.